The molecule has 4 rings (SSSR count). The molecule has 31 heavy (non-hydrogen) atoms. The van der Waals surface area contributed by atoms with E-state index in [0.717, 1.165) is 31.5 Å². The fraction of sp³-hybridized carbons (Fsp3) is 0.333. The van der Waals surface area contributed by atoms with Crippen LogP contribution < -0.4 is 10.5 Å². The van der Waals surface area contributed by atoms with Crippen LogP contribution in [0.4, 0.5) is 5.69 Å². The fourth-order valence-corrected chi connectivity index (χ4v) is 4.65. The lowest BCUT2D eigenvalue weighted by molar-refractivity contribution is -0.117. The van der Waals surface area contributed by atoms with Crippen LogP contribution in [0.15, 0.2) is 58.5 Å². The third-order valence-electron chi connectivity index (χ3n) is 5.47. The van der Waals surface area contributed by atoms with Crippen molar-refractivity contribution in [1.29, 1.82) is 0 Å². The lowest BCUT2D eigenvalue weighted by Gasteiger charge is -2.16. The third-order valence-corrected chi connectivity index (χ3v) is 6.45. The number of thioether (sulfide) groups is 1. The summed E-state index contributed by atoms with van der Waals surface area (Å²) in [4.78, 5) is 44.0. The van der Waals surface area contributed by atoms with Crippen molar-refractivity contribution in [3.8, 4) is 0 Å². The Hall–Kier alpha value is -2.93. The van der Waals surface area contributed by atoms with Crippen molar-refractivity contribution < 1.29 is 9.59 Å². The number of hydrogen-bond acceptors (Lipinski definition) is 5. The molecule has 160 valence electrons. The van der Waals surface area contributed by atoms with E-state index >= 15 is 0 Å². The number of amides is 1. The molecular weight excluding hydrogens is 410 g/mol. The highest BCUT2D eigenvalue weighted by atomic mass is 32.2. The average molecular weight is 436 g/mol. The van der Waals surface area contributed by atoms with Gasteiger partial charge in [-0.1, -0.05) is 37.2 Å². The first kappa shape index (κ1) is 21.3. The van der Waals surface area contributed by atoms with E-state index in [2.05, 4.69) is 11.9 Å². The van der Waals surface area contributed by atoms with E-state index in [-0.39, 0.29) is 23.0 Å². The molecule has 1 aliphatic rings. The van der Waals surface area contributed by atoms with E-state index in [1.54, 1.807) is 27.7 Å². The summed E-state index contributed by atoms with van der Waals surface area (Å²) >= 11 is 1.30. The van der Waals surface area contributed by atoms with E-state index in [1.807, 2.05) is 30.3 Å². The number of para-hydroxylation sites is 1. The molecule has 2 heterocycles. The van der Waals surface area contributed by atoms with Crippen LogP contribution in [0.2, 0.25) is 0 Å². The van der Waals surface area contributed by atoms with E-state index in [9.17, 15) is 14.4 Å². The van der Waals surface area contributed by atoms with Gasteiger partial charge in [0.15, 0.2) is 10.9 Å². The monoisotopic (exact) mass is 435 g/mol. The molecule has 1 aromatic heterocycles. The van der Waals surface area contributed by atoms with Gasteiger partial charge in [0.1, 0.15) is 0 Å². The summed E-state index contributed by atoms with van der Waals surface area (Å²) in [5, 5.41) is 1.17. The zero-order chi connectivity index (χ0) is 21.8. The van der Waals surface area contributed by atoms with Crippen molar-refractivity contribution in [1.82, 2.24) is 9.55 Å². The first-order valence-electron chi connectivity index (χ1n) is 10.6. The molecule has 0 bridgehead atoms. The normalized spacial score (nSPS) is 13.8. The van der Waals surface area contributed by atoms with Crippen molar-refractivity contribution in [3.05, 3.63) is 64.4 Å². The quantitative estimate of drug-likeness (QED) is 0.300. The molecule has 0 radical (unpaired) electrons. The molecule has 6 nitrogen and oxygen atoms in total. The molecule has 0 N–H and O–H groups in total. The number of carbonyl (C=O) groups excluding carboxylic acids is 2. The molecule has 1 fully saturated rings. The predicted molar refractivity (Wildman–Crippen MR) is 124 cm³/mol. The molecule has 7 heteroatoms. The van der Waals surface area contributed by atoms with Crippen molar-refractivity contribution >= 4 is 40.0 Å². The minimum absolute atomic E-state index is 0.0336. The van der Waals surface area contributed by atoms with Crippen LogP contribution in [-0.4, -0.2) is 33.5 Å². The number of hydrogen-bond donors (Lipinski definition) is 0. The van der Waals surface area contributed by atoms with Crippen molar-refractivity contribution in [2.75, 3.05) is 17.2 Å². The minimum atomic E-state index is -0.0615. The number of ketones is 1. The molecule has 3 aromatic rings. The Morgan fingerprint density at radius 3 is 2.58 bits per heavy atom. The zero-order valence-electron chi connectivity index (χ0n) is 17.5. The highest BCUT2D eigenvalue weighted by molar-refractivity contribution is 7.99. The Kier molecular flexibility index (Phi) is 6.51. The van der Waals surface area contributed by atoms with E-state index < -0.39 is 0 Å². The summed E-state index contributed by atoms with van der Waals surface area (Å²) in [5.41, 5.74) is 2.01. The molecule has 0 atom stereocenters. The molecule has 0 spiro atoms. The van der Waals surface area contributed by atoms with Crippen LogP contribution in [0.1, 0.15) is 43.0 Å². The van der Waals surface area contributed by atoms with Gasteiger partial charge in [-0.2, -0.15) is 0 Å². The number of fused-ring (bicyclic) bond motifs is 1. The molecule has 0 saturated carbocycles. The molecule has 0 aliphatic carbocycles. The van der Waals surface area contributed by atoms with Crippen LogP contribution >= 0.6 is 11.8 Å². The maximum Gasteiger partial charge on any atom is 0.262 e. The van der Waals surface area contributed by atoms with Crippen LogP contribution in [0, 0.1) is 0 Å². The Balaban J connectivity index is 1.52. The van der Waals surface area contributed by atoms with Crippen molar-refractivity contribution in [2.24, 2.45) is 0 Å². The lowest BCUT2D eigenvalue weighted by Crippen LogP contribution is -2.24. The van der Waals surface area contributed by atoms with Gasteiger partial charge in [-0.3, -0.25) is 19.0 Å². The minimum Gasteiger partial charge on any atom is -0.312 e. The molecule has 2 aromatic carbocycles. The summed E-state index contributed by atoms with van der Waals surface area (Å²) in [7, 11) is 0. The van der Waals surface area contributed by atoms with Crippen molar-refractivity contribution in [3.63, 3.8) is 0 Å². The SMILES string of the molecule is CCCCn1c(SCC(=O)c2ccc(N3CCCC3=O)cc2)nc2ccccc2c1=O. The highest BCUT2D eigenvalue weighted by Crippen LogP contribution is 2.23. The van der Waals surface area contributed by atoms with E-state index in [4.69, 9.17) is 0 Å². The van der Waals surface area contributed by atoms with Gasteiger partial charge in [-0.15, -0.1) is 0 Å². The fourth-order valence-electron chi connectivity index (χ4n) is 3.73. The summed E-state index contributed by atoms with van der Waals surface area (Å²) < 4.78 is 1.69. The number of benzene rings is 2. The summed E-state index contributed by atoms with van der Waals surface area (Å²) in [6, 6.07) is 14.5. The van der Waals surface area contributed by atoms with Crippen LogP contribution in [0.3, 0.4) is 0 Å². The second-order valence-electron chi connectivity index (χ2n) is 7.63. The second-order valence-corrected chi connectivity index (χ2v) is 8.57. The molecule has 1 amide bonds. The average Bonchev–Trinajstić information content (AvgIpc) is 3.23. The maximum atomic E-state index is 13.0. The summed E-state index contributed by atoms with van der Waals surface area (Å²) in [6.07, 6.45) is 3.29. The first-order valence-corrected chi connectivity index (χ1v) is 11.6. The van der Waals surface area contributed by atoms with E-state index in [0.29, 0.717) is 34.6 Å². The smallest absolute Gasteiger partial charge is 0.262 e. The van der Waals surface area contributed by atoms with Crippen LogP contribution in [0.5, 0.6) is 0 Å². The van der Waals surface area contributed by atoms with Gasteiger partial charge >= 0.3 is 0 Å². The summed E-state index contributed by atoms with van der Waals surface area (Å²) in [5.74, 6) is 0.287. The molecule has 0 unspecified atom stereocenters. The number of rotatable bonds is 8. The van der Waals surface area contributed by atoms with Gasteiger partial charge in [0.05, 0.1) is 16.7 Å². The zero-order valence-corrected chi connectivity index (χ0v) is 18.4. The van der Waals surface area contributed by atoms with E-state index in [1.165, 1.54) is 11.8 Å². The Morgan fingerprint density at radius 2 is 1.87 bits per heavy atom. The van der Waals surface area contributed by atoms with Gasteiger partial charge in [-0.05, 0) is 49.2 Å². The standard InChI is InChI=1S/C24H25N3O3S/c1-2-3-14-27-23(30)19-7-4-5-8-20(19)25-24(27)31-16-21(28)17-10-12-18(13-11-17)26-15-6-9-22(26)29/h4-5,7-8,10-13H,2-3,6,9,14-16H2,1H3. The first-order chi connectivity index (χ1) is 15.1. The Bertz CT molecular complexity index is 1170. The van der Waals surface area contributed by atoms with Crippen molar-refractivity contribution in [2.45, 2.75) is 44.3 Å². The lowest BCUT2D eigenvalue weighted by atomic mass is 10.1. The number of anilines is 1. The molecule has 1 aliphatic heterocycles. The largest absolute Gasteiger partial charge is 0.312 e. The number of nitrogens with zero attached hydrogens (tertiary/aromatic N) is 3. The van der Waals surface area contributed by atoms with Gasteiger partial charge in [0.2, 0.25) is 5.91 Å². The van der Waals surface area contributed by atoms with Crippen LogP contribution in [0.25, 0.3) is 10.9 Å². The Labute approximate surface area is 185 Å². The second kappa shape index (κ2) is 9.47. The number of unbranched alkanes of at least 4 members (excludes halogenated alkanes) is 1. The third kappa shape index (κ3) is 4.56. The Morgan fingerprint density at radius 1 is 1.10 bits per heavy atom. The number of Topliss-reactive ketones (excluding diaryl/α,β-unsaturated/α-hetero) is 1. The van der Waals surface area contributed by atoms with Gasteiger partial charge in [0.25, 0.3) is 5.56 Å². The topological polar surface area (TPSA) is 72.3 Å². The molecule has 1 saturated heterocycles. The predicted octanol–water partition coefficient (Wildman–Crippen LogP) is 4.30. The number of carbonyl (C=O) groups is 2. The number of aromatic nitrogens is 2. The van der Waals surface area contributed by atoms with Gasteiger partial charge in [0, 0.05) is 30.8 Å². The van der Waals surface area contributed by atoms with Gasteiger partial charge < -0.3 is 4.90 Å². The molecular formula is C24H25N3O3S. The summed E-state index contributed by atoms with van der Waals surface area (Å²) in [6.45, 7) is 3.39. The highest BCUT2D eigenvalue weighted by Gasteiger charge is 2.22. The maximum absolute atomic E-state index is 13.0. The van der Waals surface area contributed by atoms with Gasteiger partial charge in [-0.25, -0.2) is 4.98 Å². The van der Waals surface area contributed by atoms with Crippen LogP contribution in [-0.2, 0) is 11.3 Å².